The fraction of sp³-hybridized carbons (Fsp3) is 0.310. The first-order valence-electron chi connectivity index (χ1n) is 12.0. The van der Waals surface area contributed by atoms with Crippen molar-refractivity contribution in [3.8, 4) is 11.1 Å². The Labute approximate surface area is 201 Å². The Morgan fingerprint density at radius 2 is 1.44 bits per heavy atom. The van der Waals surface area contributed by atoms with Gasteiger partial charge in [-0.25, -0.2) is 0 Å². The molecule has 2 aliphatic rings. The molecule has 0 radical (unpaired) electrons. The van der Waals surface area contributed by atoms with E-state index in [1.807, 2.05) is 40.1 Å². The van der Waals surface area contributed by atoms with E-state index in [0.717, 1.165) is 61.5 Å². The summed E-state index contributed by atoms with van der Waals surface area (Å²) in [5, 5.41) is 0. The molecule has 1 saturated heterocycles. The molecule has 5 rings (SSSR count). The second-order valence-electron chi connectivity index (χ2n) is 9.41. The summed E-state index contributed by atoms with van der Waals surface area (Å²) in [6.07, 6.45) is 0.882. The van der Waals surface area contributed by atoms with Gasteiger partial charge in [0.1, 0.15) is 0 Å². The Morgan fingerprint density at radius 3 is 2.15 bits per heavy atom. The van der Waals surface area contributed by atoms with Crippen LogP contribution in [0.1, 0.15) is 34.0 Å². The van der Waals surface area contributed by atoms with Crippen LogP contribution in [0.5, 0.6) is 0 Å². The van der Waals surface area contributed by atoms with Crippen molar-refractivity contribution in [1.82, 2.24) is 4.90 Å². The van der Waals surface area contributed by atoms with Gasteiger partial charge in [0.05, 0.1) is 0 Å². The highest BCUT2D eigenvalue weighted by Crippen LogP contribution is 2.32. The smallest absolute Gasteiger partial charge is 0.253 e. The number of nitrogens with zero attached hydrogens (tertiary/aromatic N) is 3. The van der Waals surface area contributed by atoms with Crippen molar-refractivity contribution in [2.75, 3.05) is 42.5 Å². The van der Waals surface area contributed by atoms with Crippen molar-refractivity contribution in [3.05, 3.63) is 82.9 Å². The molecular weight excluding hydrogens is 422 g/mol. The number of aryl methyl sites for hydroxylation is 2. The summed E-state index contributed by atoms with van der Waals surface area (Å²) in [6.45, 7) is 9.78. The highest BCUT2D eigenvalue weighted by Gasteiger charge is 2.24. The van der Waals surface area contributed by atoms with Crippen LogP contribution in [-0.4, -0.2) is 49.4 Å². The molecule has 5 nitrogen and oxygen atoms in total. The van der Waals surface area contributed by atoms with Crippen LogP contribution < -0.4 is 9.80 Å². The first-order chi connectivity index (χ1) is 16.4. The fourth-order valence-corrected chi connectivity index (χ4v) is 5.11. The van der Waals surface area contributed by atoms with E-state index >= 15 is 0 Å². The van der Waals surface area contributed by atoms with Crippen LogP contribution in [0, 0.1) is 13.8 Å². The molecule has 0 bridgehead atoms. The third kappa shape index (κ3) is 4.18. The monoisotopic (exact) mass is 453 g/mol. The third-order valence-electron chi connectivity index (χ3n) is 7.09. The normalized spacial score (nSPS) is 15.4. The van der Waals surface area contributed by atoms with Gasteiger partial charge in [-0.15, -0.1) is 0 Å². The lowest BCUT2D eigenvalue weighted by molar-refractivity contribution is -0.116. The van der Waals surface area contributed by atoms with E-state index in [9.17, 15) is 9.59 Å². The lowest BCUT2D eigenvalue weighted by atomic mass is 10.00. The highest BCUT2D eigenvalue weighted by molar-refractivity contribution is 5.95. The van der Waals surface area contributed by atoms with Crippen molar-refractivity contribution in [3.63, 3.8) is 0 Å². The van der Waals surface area contributed by atoms with Crippen LogP contribution in [-0.2, 0) is 11.2 Å². The van der Waals surface area contributed by atoms with E-state index in [4.69, 9.17) is 0 Å². The Morgan fingerprint density at radius 1 is 0.735 bits per heavy atom. The molecule has 0 aliphatic carbocycles. The molecule has 0 N–H and O–H groups in total. The molecule has 3 aromatic rings. The minimum absolute atomic E-state index is 0.0872. The van der Waals surface area contributed by atoms with Gasteiger partial charge in [0.25, 0.3) is 5.91 Å². The summed E-state index contributed by atoms with van der Waals surface area (Å²) >= 11 is 0. The Kier molecular flexibility index (Phi) is 5.86. The number of amides is 2. The predicted octanol–water partition coefficient (Wildman–Crippen LogP) is 4.84. The summed E-state index contributed by atoms with van der Waals surface area (Å²) in [6, 6.07) is 20.7. The molecule has 0 atom stereocenters. The number of fused-ring (bicyclic) bond motifs is 1. The number of hydrogen-bond donors (Lipinski definition) is 0. The largest absolute Gasteiger partial charge is 0.368 e. The molecule has 0 aromatic heterocycles. The molecule has 2 heterocycles. The van der Waals surface area contributed by atoms with E-state index in [1.165, 1.54) is 22.4 Å². The molecule has 0 unspecified atom stereocenters. The Bertz CT molecular complexity index is 1240. The number of carbonyl (C=O) groups excluding carboxylic acids is 2. The molecule has 0 saturated carbocycles. The van der Waals surface area contributed by atoms with Crippen molar-refractivity contribution in [2.24, 2.45) is 0 Å². The van der Waals surface area contributed by atoms with Crippen LogP contribution in [0.15, 0.2) is 60.7 Å². The van der Waals surface area contributed by atoms with Crippen molar-refractivity contribution in [1.29, 1.82) is 0 Å². The summed E-state index contributed by atoms with van der Waals surface area (Å²) in [4.78, 5) is 31.1. The molecule has 1 fully saturated rings. The lowest BCUT2D eigenvalue weighted by Crippen LogP contribution is -2.49. The SMILES string of the molecule is CC(=O)N1CCc2cc(-c3ccc(C(=O)N4CCN(c5cc(C)ccc5C)CC4)cc3)ccc21. The quantitative estimate of drug-likeness (QED) is 0.570. The van der Waals surface area contributed by atoms with Gasteiger partial charge in [0.15, 0.2) is 0 Å². The third-order valence-corrected chi connectivity index (χ3v) is 7.09. The van der Waals surface area contributed by atoms with E-state index in [-0.39, 0.29) is 11.8 Å². The molecule has 3 aromatic carbocycles. The van der Waals surface area contributed by atoms with Crippen LogP contribution in [0.3, 0.4) is 0 Å². The van der Waals surface area contributed by atoms with Crippen LogP contribution in [0.2, 0.25) is 0 Å². The topological polar surface area (TPSA) is 43.9 Å². The Hall–Kier alpha value is -3.60. The van der Waals surface area contributed by atoms with E-state index in [1.54, 1.807) is 6.92 Å². The first-order valence-corrected chi connectivity index (χ1v) is 12.0. The van der Waals surface area contributed by atoms with E-state index in [0.29, 0.717) is 0 Å². The van der Waals surface area contributed by atoms with Gasteiger partial charge in [-0.05, 0) is 78.4 Å². The molecule has 0 spiro atoms. The molecule has 5 heteroatoms. The van der Waals surface area contributed by atoms with Crippen molar-refractivity contribution < 1.29 is 9.59 Å². The standard InChI is InChI=1S/C29H31N3O2/c1-20-4-5-21(2)28(18-20)30-14-16-31(17-15-30)29(34)24-8-6-23(7-9-24)25-10-11-27-26(19-25)12-13-32(27)22(3)33/h4-11,18-19H,12-17H2,1-3H3. The van der Waals surface area contributed by atoms with E-state index < -0.39 is 0 Å². The maximum absolute atomic E-state index is 13.1. The minimum atomic E-state index is 0.0872. The van der Waals surface area contributed by atoms with Gasteiger partial charge in [0.2, 0.25) is 5.91 Å². The summed E-state index contributed by atoms with van der Waals surface area (Å²) < 4.78 is 0. The Balaban J connectivity index is 1.25. The second-order valence-corrected chi connectivity index (χ2v) is 9.41. The maximum Gasteiger partial charge on any atom is 0.253 e. The molecule has 174 valence electrons. The zero-order valence-corrected chi connectivity index (χ0v) is 20.2. The van der Waals surface area contributed by atoms with Gasteiger partial charge in [-0.2, -0.15) is 0 Å². The van der Waals surface area contributed by atoms with Crippen LogP contribution in [0.25, 0.3) is 11.1 Å². The fourth-order valence-electron chi connectivity index (χ4n) is 5.11. The number of piperazine rings is 1. The molecule has 34 heavy (non-hydrogen) atoms. The number of rotatable bonds is 3. The van der Waals surface area contributed by atoms with Gasteiger partial charge in [-0.3, -0.25) is 9.59 Å². The van der Waals surface area contributed by atoms with Crippen molar-refractivity contribution in [2.45, 2.75) is 27.2 Å². The zero-order valence-electron chi connectivity index (χ0n) is 20.2. The average Bonchev–Trinajstić information content (AvgIpc) is 3.29. The molecule has 2 amide bonds. The van der Waals surface area contributed by atoms with Crippen LogP contribution >= 0.6 is 0 Å². The first kappa shape index (κ1) is 22.2. The predicted molar refractivity (Wildman–Crippen MR) is 138 cm³/mol. The highest BCUT2D eigenvalue weighted by atomic mass is 16.2. The molecular formula is C29H31N3O2. The average molecular weight is 454 g/mol. The van der Waals surface area contributed by atoms with Gasteiger partial charge < -0.3 is 14.7 Å². The maximum atomic E-state index is 13.1. The number of anilines is 2. The van der Waals surface area contributed by atoms with E-state index in [2.05, 4.69) is 49.1 Å². The minimum Gasteiger partial charge on any atom is -0.368 e. The van der Waals surface area contributed by atoms with Crippen LogP contribution in [0.4, 0.5) is 11.4 Å². The summed E-state index contributed by atoms with van der Waals surface area (Å²) in [5.74, 6) is 0.183. The second kappa shape index (κ2) is 8.98. The van der Waals surface area contributed by atoms with Gasteiger partial charge >= 0.3 is 0 Å². The lowest BCUT2D eigenvalue weighted by Gasteiger charge is -2.37. The van der Waals surface area contributed by atoms with Crippen molar-refractivity contribution >= 4 is 23.2 Å². The summed E-state index contributed by atoms with van der Waals surface area (Å²) in [5.41, 5.74) is 8.97. The molecule has 2 aliphatic heterocycles. The van der Waals surface area contributed by atoms with Gasteiger partial charge in [0, 0.05) is 56.6 Å². The number of carbonyl (C=O) groups is 2. The number of benzene rings is 3. The summed E-state index contributed by atoms with van der Waals surface area (Å²) in [7, 11) is 0. The zero-order chi connectivity index (χ0) is 23.8. The van der Waals surface area contributed by atoms with Gasteiger partial charge in [-0.1, -0.05) is 30.3 Å². The number of hydrogen-bond acceptors (Lipinski definition) is 3.